The second-order valence-electron chi connectivity index (χ2n) is 7.04. The first kappa shape index (κ1) is 19.6. The smallest absolute Gasteiger partial charge is 0.121 e. The van der Waals surface area contributed by atoms with E-state index >= 15 is 0 Å². The van der Waals surface area contributed by atoms with Crippen molar-refractivity contribution in [1.29, 1.82) is 0 Å². The molecular formula is C26H25N3O. The van der Waals surface area contributed by atoms with Crippen molar-refractivity contribution >= 4 is 11.9 Å². The Hall–Kier alpha value is -3.66. The Morgan fingerprint density at radius 3 is 2.47 bits per heavy atom. The third kappa shape index (κ3) is 4.84. The van der Waals surface area contributed by atoms with Gasteiger partial charge in [0.25, 0.3) is 0 Å². The number of aromatic nitrogens is 2. The minimum Gasteiger partial charge on any atom is -0.494 e. The van der Waals surface area contributed by atoms with Crippen LogP contribution in [-0.4, -0.2) is 22.6 Å². The molecule has 0 spiro atoms. The number of rotatable bonds is 8. The summed E-state index contributed by atoms with van der Waals surface area (Å²) in [6.45, 7) is 2.88. The van der Waals surface area contributed by atoms with Gasteiger partial charge in [-0.05, 0) is 30.7 Å². The van der Waals surface area contributed by atoms with Gasteiger partial charge in [0.2, 0.25) is 0 Å². The number of para-hydroxylation sites is 1. The predicted octanol–water partition coefficient (Wildman–Crippen LogP) is 6.47. The molecule has 4 aromatic rings. The summed E-state index contributed by atoms with van der Waals surface area (Å²) in [5.41, 5.74) is 4.79. The van der Waals surface area contributed by atoms with Gasteiger partial charge in [-0.15, -0.1) is 0 Å². The molecule has 0 saturated carbocycles. The zero-order chi connectivity index (χ0) is 20.6. The summed E-state index contributed by atoms with van der Waals surface area (Å²) in [6, 6.07) is 28.2. The van der Waals surface area contributed by atoms with Crippen LogP contribution >= 0.6 is 0 Å². The fraction of sp³-hybridized carbons (Fsp3) is 0.154. The van der Waals surface area contributed by atoms with E-state index in [1.165, 1.54) is 0 Å². The van der Waals surface area contributed by atoms with Crippen molar-refractivity contribution in [3.05, 3.63) is 96.7 Å². The number of hydrogen-bond acceptors (Lipinski definition) is 3. The van der Waals surface area contributed by atoms with E-state index in [1.54, 1.807) is 0 Å². The molecule has 1 heterocycles. The van der Waals surface area contributed by atoms with E-state index in [1.807, 2.05) is 89.9 Å². The van der Waals surface area contributed by atoms with E-state index in [-0.39, 0.29) is 0 Å². The molecule has 0 unspecified atom stereocenters. The topological polar surface area (TPSA) is 39.4 Å². The van der Waals surface area contributed by atoms with Gasteiger partial charge in [-0.1, -0.05) is 67.9 Å². The van der Waals surface area contributed by atoms with Crippen molar-refractivity contribution in [3.8, 4) is 22.7 Å². The van der Waals surface area contributed by atoms with E-state index in [9.17, 15) is 0 Å². The predicted molar refractivity (Wildman–Crippen MR) is 123 cm³/mol. The Kier molecular flexibility index (Phi) is 6.35. The lowest BCUT2D eigenvalue weighted by atomic mass is 10.1. The van der Waals surface area contributed by atoms with Gasteiger partial charge in [0.15, 0.2) is 0 Å². The molecule has 30 heavy (non-hydrogen) atoms. The molecule has 0 saturated heterocycles. The van der Waals surface area contributed by atoms with Crippen LogP contribution in [0.1, 0.15) is 25.3 Å². The molecular weight excluding hydrogens is 370 g/mol. The average Bonchev–Trinajstić information content (AvgIpc) is 3.24. The Morgan fingerprint density at radius 2 is 1.70 bits per heavy atom. The second kappa shape index (κ2) is 9.70. The molecule has 0 N–H and O–H groups in total. The SMILES string of the molecule is CCCCOc1cccc(N=Cc2cn(-c3ccccc3)nc2-c2ccccc2)c1. The molecule has 4 heteroatoms. The summed E-state index contributed by atoms with van der Waals surface area (Å²) in [5.74, 6) is 0.848. The number of ether oxygens (including phenoxy) is 1. The number of aliphatic imine (C=N–C) groups is 1. The van der Waals surface area contributed by atoms with Crippen molar-refractivity contribution in [2.24, 2.45) is 4.99 Å². The number of nitrogens with zero attached hydrogens (tertiary/aromatic N) is 3. The molecule has 0 radical (unpaired) electrons. The van der Waals surface area contributed by atoms with Crippen molar-refractivity contribution in [2.45, 2.75) is 19.8 Å². The number of hydrogen-bond donors (Lipinski definition) is 0. The Balaban J connectivity index is 1.65. The lowest BCUT2D eigenvalue weighted by Crippen LogP contribution is -1.95. The Labute approximate surface area is 177 Å². The maximum absolute atomic E-state index is 5.80. The highest BCUT2D eigenvalue weighted by molar-refractivity contribution is 5.90. The maximum atomic E-state index is 5.80. The summed E-state index contributed by atoms with van der Waals surface area (Å²) >= 11 is 0. The van der Waals surface area contributed by atoms with Gasteiger partial charge in [-0.25, -0.2) is 4.68 Å². The monoisotopic (exact) mass is 395 g/mol. The standard InChI is InChI=1S/C26H25N3O/c1-2-3-17-30-25-16-10-13-23(18-25)27-19-22-20-29(24-14-8-5-9-15-24)28-26(22)21-11-6-4-7-12-21/h4-16,18-20H,2-3,17H2,1H3. The summed E-state index contributed by atoms with van der Waals surface area (Å²) in [7, 11) is 0. The molecule has 0 aliphatic rings. The lowest BCUT2D eigenvalue weighted by molar-refractivity contribution is 0.309. The fourth-order valence-corrected chi connectivity index (χ4v) is 3.15. The van der Waals surface area contributed by atoms with Gasteiger partial charge in [0, 0.05) is 29.6 Å². The van der Waals surface area contributed by atoms with Crippen LogP contribution in [0.3, 0.4) is 0 Å². The van der Waals surface area contributed by atoms with E-state index < -0.39 is 0 Å². The van der Waals surface area contributed by atoms with Crippen LogP contribution in [0.5, 0.6) is 5.75 Å². The van der Waals surface area contributed by atoms with E-state index in [4.69, 9.17) is 14.8 Å². The molecule has 0 amide bonds. The van der Waals surface area contributed by atoms with Crippen LogP contribution in [0, 0.1) is 0 Å². The normalized spacial score (nSPS) is 11.1. The summed E-state index contributed by atoms with van der Waals surface area (Å²) in [5, 5.41) is 4.83. The average molecular weight is 396 g/mol. The second-order valence-corrected chi connectivity index (χ2v) is 7.04. The molecule has 0 aliphatic heterocycles. The zero-order valence-electron chi connectivity index (χ0n) is 17.1. The maximum Gasteiger partial charge on any atom is 0.121 e. The molecule has 4 rings (SSSR count). The van der Waals surface area contributed by atoms with Gasteiger partial charge in [-0.2, -0.15) is 5.10 Å². The Bertz CT molecular complexity index is 1100. The van der Waals surface area contributed by atoms with Crippen LogP contribution < -0.4 is 4.74 Å². The third-order valence-corrected chi connectivity index (χ3v) is 4.75. The van der Waals surface area contributed by atoms with Gasteiger partial charge in [-0.3, -0.25) is 4.99 Å². The van der Waals surface area contributed by atoms with E-state index in [0.717, 1.165) is 53.4 Å². The zero-order valence-corrected chi connectivity index (χ0v) is 17.1. The first-order valence-corrected chi connectivity index (χ1v) is 10.3. The van der Waals surface area contributed by atoms with Crippen molar-refractivity contribution in [2.75, 3.05) is 6.61 Å². The van der Waals surface area contributed by atoms with Crippen molar-refractivity contribution < 1.29 is 4.74 Å². The third-order valence-electron chi connectivity index (χ3n) is 4.75. The summed E-state index contributed by atoms with van der Waals surface area (Å²) in [6.07, 6.45) is 6.06. The highest BCUT2D eigenvalue weighted by Crippen LogP contribution is 2.24. The quantitative estimate of drug-likeness (QED) is 0.253. The van der Waals surface area contributed by atoms with Gasteiger partial charge >= 0.3 is 0 Å². The summed E-state index contributed by atoms with van der Waals surface area (Å²) in [4.78, 5) is 4.70. The molecule has 0 atom stereocenters. The van der Waals surface area contributed by atoms with Crippen LogP contribution in [0.2, 0.25) is 0 Å². The molecule has 4 nitrogen and oxygen atoms in total. The first-order valence-electron chi connectivity index (χ1n) is 10.3. The fourth-order valence-electron chi connectivity index (χ4n) is 3.15. The molecule has 0 fully saturated rings. The van der Waals surface area contributed by atoms with E-state index in [0.29, 0.717) is 0 Å². The number of unbranched alkanes of at least 4 members (excludes halogenated alkanes) is 1. The molecule has 150 valence electrons. The molecule has 0 bridgehead atoms. The number of benzene rings is 3. The van der Waals surface area contributed by atoms with Gasteiger partial charge in [0.1, 0.15) is 11.4 Å². The van der Waals surface area contributed by atoms with E-state index in [2.05, 4.69) is 19.1 Å². The van der Waals surface area contributed by atoms with Crippen LogP contribution in [-0.2, 0) is 0 Å². The largest absolute Gasteiger partial charge is 0.494 e. The highest BCUT2D eigenvalue weighted by Gasteiger charge is 2.10. The highest BCUT2D eigenvalue weighted by atomic mass is 16.5. The molecule has 3 aromatic carbocycles. The molecule has 0 aliphatic carbocycles. The minimum atomic E-state index is 0.728. The Morgan fingerprint density at radius 1 is 0.933 bits per heavy atom. The summed E-state index contributed by atoms with van der Waals surface area (Å²) < 4.78 is 7.70. The van der Waals surface area contributed by atoms with Crippen LogP contribution in [0.15, 0.2) is 96.1 Å². The molecule has 1 aromatic heterocycles. The van der Waals surface area contributed by atoms with Crippen LogP contribution in [0.25, 0.3) is 16.9 Å². The van der Waals surface area contributed by atoms with Gasteiger partial charge < -0.3 is 4.74 Å². The van der Waals surface area contributed by atoms with Crippen molar-refractivity contribution in [3.63, 3.8) is 0 Å². The first-order chi connectivity index (χ1) is 14.8. The lowest BCUT2D eigenvalue weighted by Gasteiger charge is -2.05. The van der Waals surface area contributed by atoms with Crippen molar-refractivity contribution in [1.82, 2.24) is 9.78 Å². The van der Waals surface area contributed by atoms with Gasteiger partial charge in [0.05, 0.1) is 18.0 Å². The van der Waals surface area contributed by atoms with Crippen LogP contribution in [0.4, 0.5) is 5.69 Å². The minimum absolute atomic E-state index is 0.728.